The third kappa shape index (κ3) is 4.07. The number of para-hydroxylation sites is 2. The van der Waals surface area contributed by atoms with Crippen LogP contribution in [-0.2, 0) is 17.8 Å². The van der Waals surface area contributed by atoms with Gasteiger partial charge in [-0.1, -0.05) is 26.0 Å². The van der Waals surface area contributed by atoms with E-state index in [2.05, 4.69) is 38.6 Å². The summed E-state index contributed by atoms with van der Waals surface area (Å²) in [7, 11) is 0. The van der Waals surface area contributed by atoms with Crippen LogP contribution >= 0.6 is 0 Å². The van der Waals surface area contributed by atoms with Gasteiger partial charge in [0, 0.05) is 30.2 Å². The molecular formula is C23H26FN5O. The van der Waals surface area contributed by atoms with Crippen molar-refractivity contribution < 1.29 is 9.18 Å². The molecule has 0 atom stereocenters. The number of carbonyl (C=O) groups is 1. The molecular weight excluding hydrogens is 381 g/mol. The number of hydrogen-bond acceptors (Lipinski definition) is 3. The van der Waals surface area contributed by atoms with E-state index in [4.69, 9.17) is 0 Å². The highest BCUT2D eigenvalue weighted by atomic mass is 19.1. The molecule has 6 nitrogen and oxygen atoms in total. The van der Waals surface area contributed by atoms with Gasteiger partial charge in [-0.15, -0.1) is 0 Å². The summed E-state index contributed by atoms with van der Waals surface area (Å²) in [5.41, 5.74) is 3.41. The van der Waals surface area contributed by atoms with Gasteiger partial charge in [-0.25, -0.2) is 9.37 Å². The Balaban J connectivity index is 1.57. The van der Waals surface area contributed by atoms with E-state index in [1.807, 2.05) is 24.3 Å². The summed E-state index contributed by atoms with van der Waals surface area (Å²) in [5.74, 6) is 0.0425. The monoisotopic (exact) mass is 407 g/mol. The Morgan fingerprint density at radius 2 is 2.00 bits per heavy atom. The summed E-state index contributed by atoms with van der Waals surface area (Å²) in [5, 5.41) is 3.69. The van der Waals surface area contributed by atoms with E-state index in [0.717, 1.165) is 53.7 Å². The van der Waals surface area contributed by atoms with Crippen molar-refractivity contribution in [1.29, 1.82) is 0 Å². The Kier molecular flexibility index (Phi) is 5.81. The molecule has 2 aromatic heterocycles. The summed E-state index contributed by atoms with van der Waals surface area (Å²) in [6.07, 6.45) is 1.90. The van der Waals surface area contributed by atoms with Crippen molar-refractivity contribution in [3.05, 3.63) is 60.0 Å². The molecule has 0 fully saturated rings. The number of nitrogens with zero attached hydrogens (tertiary/aromatic N) is 3. The first-order valence-electron chi connectivity index (χ1n) is 10.3. The van der Waals surface area contributed by atoms with Gasteiger partial charge in [-0.3, -0.25) is 10.1 Å². The first-order chi connectivity index (χ1) is 14.6. The Bertz CT molecular complexity index is 1170. The van der Waals surface area contributed by atoms with Gasteiger partial charge in [-0.05, 0) is 49.0 Å². The van der Waals surface area contributed by atoms with E-state index in [1.165, 1.54) is 12.1 Å². The number of halogens is 1. The standard InChI is InChI=1S/C23H26FN5O/c1-3-28(4-2)11-12-29-21-8-6-5-7-20(21)26-23(29)27-22(30)13-16-15-25-19-10-9-17(24)14-18(16)19/h5-10,14-15,25H,3-4,11-13H2,1-2H3,(H,26,27,30). The third-order valence-corrected chi connectivity index (χ3v) is 5.52. The molecule has 0 spiro atoms. The number of aromatic amines is 1. The number of nitrogens with one attached hydrogen (secondary N) is 2. The second-order valence-corrected chi connectivity index (χ2v) is 7.33. The van der Waals surface area contributed by atoms with Gasteiger partial charge < -0.3 is 14.5 Å². The van der Waals surface area contributed by atoms with E-state index in [-0.39, 0.29) is 18.1 Å². The molecule has 1 amide bonds. The highest BCUT2D eigenvalue weighted by molar-refractivity contribution is 5.96. The second-order valence-electron chi connectivity index (χ2n) is 7.33. The molecule has 0 unspecified atom stereocenters. The fourth-order valence-electron chi connectivity index (χ4n) is 3.82. The summed E-state index contributed by atoms with van der Waals surface area (Å²) in [6, 6.07) is 12.4. The summed E-state index contributed by atoms with van der Waals surface area (Å²) in [6.45, 7) is 7.84. The summed E-state index contributed by atoms with van der Waals surface area (Å²) >= 11 is 0. The van der Waals surface area contributed by atoms with Crippen LogP contribution in [0, 0.1) is 5.82 Å². The van der Waals surface area contributed by atoms with Crippen LogP contribution in [0.3, 0.4) is 0 Å². The van der Waals surface area contributed by atoms with Gasteiger partial charge in [0.05, 0.1) is 17.5 Å². The molecule has 4 rings (SSSR count). The minimum absolute atomic E-state index is 0.142. The van der Waals surface area contributed by atoms with Crippen LogP contribution in [0.2, 0.25) is 0 Å². The number of likely N-dealkylation sites (N-methyl/N-ethyl adjacent to an activating group) is 1. The molecule has 0 aliphatic carbocycles. The number of carbonyl (C=O) groups excluding carboxylic acids is 1. The zero-order chi connectivity index (χ0) is 21.1. The smallest absolute Gasteiger partial charge is 0.231 e. The Morgan fingerprint density at radius 1 is 1.20 bits per heavy atom. The summed E-state index contributed by atoms with van der Waals surface area (Å²) in [4.78, 5) is 22.9. The molecule has 0 saturated carbocycles. The molecule has 7 heteroatoms. The zero-order valence-corrected chi connectivity index (χ0v) is 17.3. The topological polar surface area (TPSA) is 65.9 Å². The zero-order valence-electron chi connectivity index (χ0n) is 17.3. The van der Waals surface area contributed by atoms with Crippen LogP contribution in [0.4, 0.5) is 10.3 Å². The average Bonchev–Trinajstić information content (AvgIpc) is 3.29. The lowest BCUT2D eigenvalue weighted by Crippen LogP contribution is -2.28. The Hall–Kier alpha value is -3.19. The van der Waals surface area contributed by atoms with Crippen molar-refractivity contribution in [1.82, 2.24) is 19.4 Å². The number of hydrogen-bond donors (Lipinski definition) is 2. The number of fused-ring (bicyclic) bond motifs is 2. The SMILES string of the molecule is CCN(CC)CCn1c(NC(=O)Cc2c[nH]c3ccc(F)cc23)nc2ccccc21. The lowest BCUT2D eigenvalue weighted by molar-refractivity contribution is -0.115. The number of benzene rings is 2. The van der Waals surface area contributed by atoms with Crippen LogP contribution in [-0.4, -0.2) is 45.0 Å². The fraction of sp³-hybridized carbons (Fsp3) is 0.304. The van der Waals surface area contributed by atoms with E-state index >= 15 is 0 Å². The van der Waals surface area contributed by atoms with Crippen molar-refractivity contribution in [2.45, 2.75) is 26.8 Å². The number of H-pyrrole nitrogens is 1. The van der Waals surface area contributed by atoms with Crippen LogP contribution in [0.15, 0.2) is 48.7 Å². The maximum absolute atomic E-state index is 13.6. The Labute approximate surface area is 174 Å². The lowest BCUT2D eigenvalue weighted by atomic mass is 10.1. The second kappa shape index (κ2) is 8.67. The number of anilines is 1. The van der Waals surface area contributed by atoms with E-state index in [9.17, 15) is 9.18 Å². The predicted octanol–water partition coefficient (Wildman–Crippen LogP) is 4.18. The van der Waals surface area contributed by atoms with Crippen molar-refractivity contribution in [2.75, 3.05) is 25.0 Å². The molecule has 0 aliphatic heterocycles. The molecule has 4 aromatic rings. The van der Waals surface area contributed by atoms with Gasteiger partial charge >= 0.3 is 0 Å². The molecule has 0 aliphatic rings. The predicted molar refractivity (Wildman–Crippen MR) is 118 cm³/mol. The van der Waals surface area contributed by atoms with Gasteiger partial charge in [0.2, 0.25) is 11.9 Å². The molecule has 2 heterocycles. The first-order valence-corrected chi connectivity index (χ1v) is 10.3. The molecule has 30 heavy (non-hydrogen) atoms. The largest absolute Gasteiger partial charge is 0.361 e. The van der Waals surface area contributed by atoms with Gasteiger partial charge in [0.1, 0.15) is 5.82 Å². The lowest BCUT2D eigenvalue weighted by Gasteiger charge is -2.19. The minimum Gasteiger partial charge on any atom is -0.361 e. The van der Waals surface area contributed by atoms with Crippen molar-refractivity contribution in [3.8, 4) is 0 Å². The quantitative estimate of drug-likeness (QED) is 0.461. The highest BCUT2D eigenvalue weighted by Crippen LogP contribution is 2.22. The first kappa shape index (κ1) is 20.1. The molecule has 0 radical (unpaired) electrons. The average molecular weight is 407 g/mol. The number of imidazole rings is 1. The number of aromatic nitrogens is 3. The Morgan fingerprint density at radius 3 is 2.80 bits per heavy atom. The minimum atomic E-state index is -0.318. The van der Waals surface area contributed by atoms with Crippen molar-refractivity contribution in [2.24, 2.45) is 0 Å². The molecule has 2 aromatic carbocycles. The molecule has 0 bridgehead atoms. The fourth-order valence-corrected chi connectivity index (χ4v) is 3.82. The summed E-state index contributed by atoms with van der Waals surface area (Å²) < 4.78 is 15.7. The van der Waals surface area contributed by atoms with Crippen LogP contribution in [0.25, 0.3) is 21.9 Å². The number of amides is 1. The maximum Gasteiger partial charge on any atom is 0.231 e. The van der Waals surface area contributed by atoms with Gasteiger partial charge in [0.15, 0.2) is 0 Å². The molecule has 0 saturated heterocycles. The van der Waals surface area contributed by atoms with Gasteiger partial charge in [0.25, 0.3) is 0 Å². The van der Waals surface area contributed by atoms with Crippen LogP contribution in [0.1, 0.15) is 19.4 Å². The van der Waals surface area contributed by atoms with E-state index in [1.54, 1.807) is 12.3 Å². The molecule has 156 valence electrons. The van der Waals surface area contributed by atoms with E-state index < -0.39 is 0 Å². The highest BCUT2D eigenvalue weighted by Gasteiger charge is 2.16. The van der Waals surface area contributed by atoms with Crippen molar-refractivity contribution >= 4 is 33.8 Å². The third-order valence-electron chi connectivity index (χ3n) is 5.52. The maximum atomic E-state index is 13.6. The van der Waals surface area contributed by atoms with E-state index in [0.29, 0.717) is 5.95 Å². The van der Waals surface area contributed by atoms with Crippen LogP contribution < -0.4 is 5.32 Å². The normalized spacial score (nSPS) is 11.6. The number of rotatable bonds is 8. The molecule has 2 N–H and O–H groups in total. The van der Waals surface area contributed by atoms with Gasteiger partial charge in [-0.2, -0.15) is 0 Å². The van der Waals surface area contributed by atoms with Crippen molar-refractivity contribution in [3.63, 3.8) is 0 Å². The van der Waals surface area contributed by atoms with Crippen LogP contribution in [0.5, 0.6) is 0 Å².